The molecule has 0 amide bonds. The first-order chi connectivity index (χ1) is 9.20. The molecule has 0 aliphatic carbocycles. The van der Waals surface area contributed by atoms with Crippen LogP contribution >= 0.6 is 0 Å². The Hall–Kier alpha value is -0.960. The first kappa shape index (κ1) is 16.1. The molecule has 19 heavy (non-hydrogen) atoms. The average molecular weight is 269 g/mol. The third-order valence-electron chi connectivity index (χ3n) is 3.40. The largest absolute Gasteiger partial charge is 0.310 e. The van der Waals surface area contributed by atoms with Crippen molar-refractivity contribution in [1.29, 1.82) is 0 Å². The summed E-state index contributed by atoms with van der Waals surface area (Å²) in [7, 11) is 0. The molecule has 0 spiro atoms. The van der Waals surface area contributed by atoms with E-state index in [0.29, 0.717) is 6.54 Å². The van der Waals surface area contributed by atoms with Crippen LogP contribution in [0.5, 0.6) is 0 Å². The Kier molecular flexibility index (Phi) is 7.65. The predicted octanol–water partition coefficient (Wildman–Crippen LogP) is 4.98. The smallest absolute Gasteiger partial charge is 0.130 e. The fourth-order valence-corrected chi connectivity index (χ4v) is 2.39. The lowest BCUT2D eigenvalue weighted by Crippen LogP contribution is -2.23. The zero-order chi connectivity index (χ0) is 14.1. The van der Waals surface area contributed by atoms with E-state index >= 15 is 0 Å². The normalized spacial score (nSPS) is 12.6. The number of nitrogens with one attached hydrogen (secondary N) is 1. The van der Waals surface area contributed by atoms with Crippen LogP contribution in [-0.2, 0) is 0 Å². The fourth-order valence-electron chi connectivity index (χ4n) is 2.39. The van der Waals surface area contributed by atoms with Crippen LogP contribution in [-0.4, -0.2) is 6.54 Å². The summed E-state index contributed by atoms with van der Waals surface area (Å²) in [5.74, 6) is -0.890. The molecule has 0 bridgehead atoms. The highest BCUT2D eigenvalue weighted by Crippen LogP contribution is 2.25. The van der Waals surface area contributed by atoms with Crippen LogP contribution in [0.2, 0.25) is 0 Å². The number of halogens is 2. The average Bonchev–Trinajstić information content (AvgIpc) is 2.38. The molecule has 1 nitrogen and oxygen atoms in total. The van der Waals surface area contributed by atoms with Crippen molar-refractivity contribution in [2.24, 2.45) is 0 Å². The van der Waals surface area contributed by atoms with Gasteiger partial charge in [0.05, 0.1) is 0 Å². The van der Waals surface area contributed by atoms with Crippen LogP contribution in [0, 0.1) is 11.6 Å². The van der Waals surface area contributed by atoms with Crippen molar-refractivity contribution in [3.63, 3.8) is 0 Å². The molecular weight excluding hydrogens is 244 g/mol. The SMILES string of the molecule is CCCCCCCC(NCC)c1c(F)cccc1F. The summed E-state index contributed by atoms with van der Waals surface area (Å²) in [5.41, 5.74) is 0.194. The van der Waals surface area contributed by atoms with Crippen molar-refractivity contribution in [3.05, 3.63) is 35.4 Å². The lowest BCUT2D eigenvalue weighted by Gasteiger charge is -2.19. The Morgan fingerprint density at radius 1 is 1.00 bits per heavy atom. The van der Waals surface area contributed by atoms with Gasteiger partial charge in [0, 0.05) is 11.6 Å². The first-order valence-corrected chi connectivity index (χ1v) is 7.38. The van der Waals surface area contributed by atoms with Crippen molar-refractivity contribution in [3.8, 4) is 0 Å². The Labute approximate surface area is 115 Å². The van der Waals surface area contributed by atoms with Gasteiger partial charge in [0.2, 0.25) is 0 Å². The van der Waals surface area contributed by atoms with Crippen molar-refractivity contribution in [2.45, 2.75) is 58.4 Å². The van der Waals surface area contributed by atoms with Gasteiger partial charge >= 0.3 is 0 Å². The summed E-state index contributed by atoms with van der Waals surface area (Å²) < 4.78 is 27.5. The summed E-state index contributed by atoms with van der Waals surface area (Å²) in [4.78, 5) is 0. The molecule has 0 heterocycles. The monoisotopic (exact) mass is 269 g/mol. The highest BCUT2D eigenvalue weighted by molar-refractivity contribution is 5.23. The minimum absolute atomic E-state index is 0.194. The fraction of sp³-hybridized carbons (Fsp3) is 0.625. The van der Waals surface area contributed by atoms with Crippen molar-refractivity contribution >= 4 is 0 Å². The van der Waals surface area contributed by atoms with Crippen LogP contribution in [0.3, 0.4) is 0 Å². The Bertz CT molecular complexity index is 346. The third-order valence-corrected chi connectivity index (χ3v) is 3.40. The number of rotatable bonds is 9. The van der Waals surface area contributed by atoms with Crippen LogP contribution in [0.25, 0.3) is 0 Å². The second-order valence-electron chi connectivity index (χ2n) is 4.95. The first-order valence-electron chi connectivity index (χ1n) is 7.38. The lowest BCUT2D eigenvalue weighted by atomic mass is 9.98. The zero-order valence-electron chi connectivity index (χ0n) is 12.0. The van der Waals surface area contributed by atoms with E-state index in [9.17, 15) is 8.78 Å². The molecule has 0 aromatic heterocycles. The second kappa shape index (κ2) is 9.03. The Balaban J connectivity index is 2.61. The van der Waals surface area contributed by atoms with Crippen molar-refractivity contribution < 1.29 is 8.78 Å². The predicted molar refractivity (Wildman–Crippen MR) is 76.2 cm³/mol. The van der Waals surface area contributed by atoms with E-state index in [0.717, 1.165) is 19.3 Å². The molecule has 0 saturated carbocycles. The number of benzene rings is 1. The molecule has 1 aromatic rings. The Morgan fingerprint density at radius 2 is 1.63 bits per heavy atom. The molecule has 1 rings (SSSR count). The highest BCUT2D eigenvalue weighted by atomic mass is 19.1. The van der Waals surface area contributed by atoms with Crippen LogP contribution in [0.15, 0.2) is 18.2 Å². The van der Waals surface area contributed by atoms with E-state index in [2.05, 4.69) is 12.2 Å². The second-order valence-corrected chi connectivity index (χ2v) is 4.95. The molecule has 108 valence electrons. The zero-order valence-corrected chi connectivity index (χ0v) is 12.0. The van der Waals surface area contributed by atoms with Crippen molar-refractivity contribution in [2.75, 3.05) is 6.54 Å². The van der Waals surface area contributed by atoms with Crippen LogP contribution in [0.4, 0.5) is 8.78 Å². The van der Waals surface area contributed by atoms with Crippen LogP contribution < -0.4 is 5.32 Å². The summed E-state index contributed by atoms with van der Waals surface area (Å²) in [5, 5.41) is 3.19. The lowest BCUT2D eigenvalue weighted by molar-refractivity contribution is 0.436. The van der Waals surface area contributed by atoms with Gasteiger partial charge in [0.25, 0.3) is 0 Å². The van der Waals surface area contributed by atoms with Gasteiger partial charge in [-0.15, -0.1) is 0 Å². The summed E-state index contributed by atoms with van der Waals surface area (Å²) in [6.07, 6.45) is 6.57. The molecule has 1 aromatic carbocycles. The third kappa shape index (κ3) is 5.27. The van der Waals surface area contributed by atoms with E-state index in [4.69, 9.17) is 0 Å². The summed E-state index contributed by atoms with van der Waals surface area (Å²) >= 11 is 0. The van der Waals surface area contributed by atoms with Gasteiger partial charge in [-0.25, -0.2) is 8.78 Å². The summed E-state index contributed by atoms with van der Waals surface area (Å²) in [6, 6.07) is 3.87. The maximum Gasteiger partial charge on any atom is 0.130 e. The quantitative estimate of drug-likeness (QED) is 0.624. The van der Waals surface area contributed by atoms with Gasteiger partial charge in [-0.2, -0.15) is 0 Å². The molecule has 0 aliphatic rings. The van der Waals surface area contributed by atoms with E-state index in [-0.39, 0.29) is 11.6 Å². The molecule has 3 heteroatoms. The number of unbranched alkanes of at least 4 members (excludes halogenated alkanes) is 4. The minimum Gasteiger partial charge on any atom is -0.310 e. The molecular formula is C16H25F2N. The van der Waals surface area contributed by atoms with Gasteiger partial charge in [0.1, 0.15) is 11.6 Å². The standard InChI is InChI=1S/C16H25F2N/c1-3-5-6-7-8-12-15(19-4-2)16-13(17)10-9-11-14(16)18/h9-11,15,19H,3-8,12H2,1-2H3. The molecule has 1 unspecified atom stereocenters. The number of hydrogen-bond acceptors (Lipinski definition) is 1. The maximum atomic E-state index is 13.8. The maximum absolute atomic E-state index is 13.8. The molecule has 1 atom stereocenters. The van der Waals surface area contributed by atoms with E-state index in [1.165, 1.54) is 37.5 Å². The van der Waals surface area contributed by atoms with E-state index < -0.39 is 11.6 Å². The highest BCUT2D eigenvalue weighted by Gasteiger charge is 2.18. The molecule has 0 saturated heterocycles. The Morgan fingerprint density at radius 3 is 2.21 bits per heavy atom. The van der Waals surface area contributed by atoms with Gasteiger partial charge in [-0.1, -0.05) is 52.0 Å². The van der Waals surface area contributed by atoms with Gasteiger partial charge in [0.15, 0.2) is 0 Å². The minimum atomic E-state index is -0.445. The van der Waals surface area contributed by atoms with Crippen molar-refractivity contribution in [1.82, 2.24) is 5.32 Å². The van der Waals surface area contributed by atoms with Gasteiger partial charge < -0.3 is 5.32 Å². The molecule has 0 aliphatic heterocycles. The molecule has 0 radical (unpaired) electrons. The summed E-state index contributed by atoms with van der Waals surface area (Å²) in [6.45, 7) is 4.85. The van der Waals surface area contributed by atoms with Crippen LogP contribution in [0.1, 0.15) is 64.0 Å². The molecule has 1 N–H and O–H groups in total. The van der Waals surface area contributed by atoms with Gasteiger partial charge in [-0.05, 0) is 25.1 Å². The molecule has 0 fully saturated rings. The van der Waals surface area contributed by atoms with E-state index in [1.54, 1.807) is 0 Å². The van der Waals surface area contributed by atoms with Gasteiger partial charge in [-0.3, -0.25) is 0 Å². The van der Waals surface area contributed by atoms with E-state index in [1.807, 2.05) is 6.92 Å². The topological polar surface area (TPSA) is 12.0 Å². The number of hydrogen-bond donors (Lipinski definition) is 1.